The third-order valence-corrected chi connectivity index (χ3v) is 5.90. The largest absolute Gasteiger partial charge is 0.494 e. The molecule has 0 aromatic heterocycles. The van der Waals surface area contributed by atoms with Crippen molar-refractivity contribution >= 4 is 11.9 Å². The van der Waals surface area contributed by atoms with E-state index in [1.54, 1.807) is 48.5 Å². The molecular weight excluding hydrogens is 482 g/mol. The summed E-state index contributed by atoms with van der Waals surface area (Å²) < 4.78 is 21.9. The number of ether oxygens (including phenoxy) is 4. The SMILES string of the molecule is CCC(C)C(=O)OCCCOCCCOc1ccc(C(=O)Oc2ccc(-c3ccc(C#N)cc3)cc2)cc1. The summed E-state index contributed by atoms with van der Waals surface area (Å²) in [4.78, 5) is 24.1. The molecular formula is C31H33NO6. The van der Waals surface area contributed by atoms with Gasteiger partial charge in [0.2, 0.25) is 0 Å². The van der Waals surface area contributed by atoms with Gasteiger partial charge in [0.1, 0.15) is 11.5 Å². The molecule has 0 spiro atoms. The minimum absolute atomic E-state index is 0.0628. The Hall–Kier alpha value is -4.15. The highest BCUT2D eigenvalue weighted by molar-refractivity contribution is 5.91. The summed E-state index contributed by atoms with van der Waals surface area (Å²) in [6.07, 6.45) is 2.16. The van der Waals surface area contributed by atoms with Crippen LogP contribution in [0.25, 0.3) is 11.1 Å². The lowest BCUT2D eigenvalue weighted by molar-refractivity contribution is -0.148. The van der Waals surface area contributed by atoms with Gasteiger partial charge in [-0.2, -0.15) is 5.26 Å². The van der Waals surface area contributed by atoms with Crippen molar-refractivity contribution in [1.29, 1.82) is 5.26 Å². The lowest BCUT2D eigenvalue weighted by atomic mass is 10.0. The van der Waals surface area contributed by atoms with E-state index in [9.17, 15) is 9.59 Å². The first kappa shape index (κ1) is 28.4. The van der Waals surface area contributed by atoms with Crippen LogP contribution >= 0.6 is 0 Å². The third-order valence-electron chi connectivity index (χ3n) is 5.90. The van der Waals surface area contributed by atoms with Crippen LogP contribution in [0.15, 0.2) is 72.8 Å². The average molecular weight is 516 g/mol. The summed E-state index contributed by atoms with van der Waals surface area (Å²) in [5, 5.41) is 8.92. The molecule has 3 aromatic carbocycles. The van der Waals surface area contributed by atoms with Crippen molar-refractivity contribution in [2.45, 2.75) is 33.1 Å². The van der Waals surface area contributed by atoms with Gasteiger partial charge in [-0.3, -0.25) is 4.79 Å². The van der Waals surface area contributed by atoms with Crippen LogP contribution < -0.4 is 9.47 Å². The van der Waals surface area contributed by atoms with Gasteiger partial charge in [0.05, 0.1) is 36.3 Å². The van der Waals surface area contributed by atoms with E-state index in [-0.39, 0.29) is 11.9 Å². The van der Waals surface area contributed by atoms with Crippen LogP contribution in [0.1, 0.15) is 49.0 Å². The first-order valence-corrected chi connectivity index (χ1v) is 12.8. The van der Waals surface area contributed by atoms with Gasteiger partial charge in [0, 0.05) is 26.1 Å². The van der Waals surface area contributed by atoms with E-state index in [0.717, 1.165) is 24.0 Å². The lowest BCUT2D eigenvalue weighted by Crippen LogP contribution is -2.15. The second-order valence-corrected chi connectivity index (χ2v) is 8.77. The summed E-state index contributed by atoms with van der Waals surface area (Å²) in [5.41, 5.74) is 2.97. The molecule has 0 heterocycles. The molecule has 1 unspecified atom stereocenters. The molecule has 0 radical (unpaired) electrons. The van der Waals surface area contributed by atoms with Gasteiger partial charge in [-0.15, -0.1) is 0 Å². The molecule has 198 valence electrons. The Balaban J connectivity index is 1.33. The molecule has 0 saturated heterocycles. The predicted octanol–water partition coefficient (Wildman–Crippen LogP) is 6.21. The summed E-state index contributed by atoms with van der Waals surface area (Å²) in [7, 11) is 0. The molecule has 0 fully saturated rings. The van der Waals surface area contributed by atoms with Crippen LogP contribution in [-0.2, 0) is 14.3 Å². The van der Waals surface area contributed by atoms with Crippen LogP contribution in [0, 0.1) is 17.2 Å². The number of carbonyl (C=O) groups is 2. The molecule has 38 heavy (non-hydrogen) atoms. The molecule has 0 aliphatic heterocycles. The lowest BCUT2D eigenvalue weighted by Gasteiger charge is -2.10. The molecule has 0 N–H and O–H groups in total. The van der Waals surface area contributed by atoms with Crippen molar-refractivity contribution in [2.75, 3.05) is 26.4 Å². The van der Waals surface area contributed by atoms with Crippen LogP contribution in [0.4, 0.5) is 0 Å². The van der Waals surface area contributed by atoms with Gasteiger partial charge in [-0.25, -0.2) is 4.79 Å². The predicted molar refractivity (Wildman–Crippen MR) is 144 cm³/mol. The standard InChI is InChI=1S/C31H33NO6/c1-3-23(2)30(33)37-21-5-19-35-18-4-20-36-28-14-12-27(13-15-28)31(34)38-29-16-10-26(11-17-29)25-8-6-24(22-32)7-9-25/h6-17,23H,3-5,18-21H2,1-2H3. The minimum Gasteiger partial charge on any atom is -0.494 e. The normalized spacial score (nSPS) is 11.3. The van der Waals surface area contributed by atoms with Gasteiger partial charge < -0.3 is 18.9 Å². The molecule has 7 heteroatoms. The molecule has 1 atom stereocenters. The van der Waals surface area contributed by atoms with Gasteiger partial charge in [-0.1, -0.05) is 38.1 Å². The summed E-state index contributed by atoms with van der Waals surface area (Å²) >= 11 is 0. The highest BCUT2D eigenvalue weighted by atomic mass is 16.5. The molecule has 0 saturated carbocycles. The van der Waals surface area contributed by atoms with Crippen molar-refractivity contribution in [3.8, 4) is 28.7 Å². The summed E-state index contributed by atoms with van der Waals surface area (Å²) in [6, 6.07) is 23.4. The molecule has 0 amide bonds. The first-order valence-electron chi connectivity index (χ1n) is 12.8. The number of nitrogens with zero attached hydrogens (tertiary/aromatic N) is 1. The summed E-state index contributed by atoms with van der Waals surface area (Å²) in [5.74, 6) is 0.430. The van der Waals surface area contributed by atoms with Crippen LogP contribution in [0.5, 0.6) is 11.5 Å². The second kappa shape index (κ2) is 15.2. The van der Waals surface area contributed by atoms with Crippen molar-refractivity contribution in [1.82, 2.24) is 0 Å². The fourth-order valence-corrected chi connectivity index (χ4v) is 3.40. The summed E-state index contributed by atoms with van der Waals surface area (Å²) in [6.45, 7) is 5.76. The third kappa shape index (κ3) is 9.06. The zero-order valence-electron chi connectivity index (χ0n) is 21.9. The van der Waals surface area contributed by atoms with E-state index >= 15 is 0 Å². The molecule has 0 aliphatic rings. The van der Waals surface area contributed by atoms with E-state index in [4.69, 9.17) is 24.2 Å². The van der Waals surface area contributed by atoms with Crippen molar-refractivity contribution in [3.05, 3.63) is 83.9 Å². The van der Waals surface area contributed by atoms with Gasteiger partial charge >= 0.3 is 11.9 Å². The average Bonchev–Trinajstić information content (AvgIpc) is 2.96. The van der Waals surface area contributed by atoms with Crippen LogP contribution in [0.2, 0.25) is 0 Å². The maximum Gasteiger partial charge on any atom is 0.343 e. The Morgan fingerprint density at radius 3 is 1.97 bits per heavy atom. The highest BCUT2D eigenvalue weighted by Gasteiger charge is 2.11. The quantitative estimate of drug-likeness (QED) is 0.143. The van der Waals surface area contributed by atoms with Gasteiger partial charge in [0.15, 0.2) is 0 Å². The van der Waals surface area contributed by atoms with Crippen molar-refractivity contribution in [3.63, 3.8) is 0 Å². The number of esters is 2. The monoisotopic (exact) mass is 515 g/mol. The molecule has 3 aromatic rings. The number of hydrogen-bond donors (Lipinski definition) is 0. The Morgan fingerprint density at radius 2 is 1.37 bits per heavy atom. The zero-order chi connectivity index (χ0) is 27.2. The van der Waals surface area contributed by atoms with E-state index in [0.29, 0.717) is 55.5 Å². The fraction of sp³-hybridized carbons (Fsp3) is 0.323. The molecule has 3 rings (SSSR count). The van der Waals surface area contributed by atoms with E-state index < -0.39 is 5.97 Å². The maximum atomic E-state index is 12.5. The topological polar surface area (TPSA) is 94.8 Å². The van der Waals surface area contributed by atoms with Gasteiger partial charge in [-0.05, 0) is 66.1 Å². The van der Waals surface area contributed by atoms with Crippen LogP contribution in [-0.4, -0.2) is 38.4 Å². The number of rotatable bonds is 14. The molecule has 0 aliphatic carbocycles. The minimum atomic E-state index is -0.453. The molecule has 0 bridgehead atoms. The Labute approximate surface area is 223 Å². The van der Waals surface area contributed by atoms with E-state index in [1.165, 1.54) is 0 Å². The number of hydrogen-bond acceptors (Lipinski definition) is 7. The van der Waals surface area contributed by atoms with E-state index in [2.05, 4.69) is 6.07 Å². The van der Waals surface area contributed by atoms with Crippen molar-refractivity contribution < 1.29 is 28.5 Å². The highest BCUT2D eigenvalue weighted by Crippen LogP contribution is 2.23. The number of nitriles is 1. The van der Waals surface area contributed by atoms with E-state index in [1.807, 2.05) is 38.1 Å². The zero-order valence-corrected chi connectivity index (χ0v) is 21.9. The Kier molecular flexibility index (Phi) is 11.4. The number of benzene rings is 3. The fourth-order valence-electron chi connectivity index (χ4n) is 3.40. The van der Waals surface area contributed by atoms with Gasteiger partial charge in [0.25, 0.3) is 0 Å². The number of carbonyl (C=O) groups excluding carboxylic acids is 2. The molecule has 7 nitrogen and oxygen atoms in total. The second-order valence-electron chi connectivity index (χ2n) is 8.77. The van der Waals surface area contributed by atoms with Crippen LogP contribution in [0.3, 0.4) is 0 Å². The Bertz CT molecular complexity index is 1200. The van der Waals surface area contributed by atoms with Crippen molar-refractivity contribution in [2.24, 2.45) is 5.92 Å². The smallest absolute Gasteiger partial charge is 0.343 e. The Morgan fingerprint density at radius 1 is 0.789 bits per heavy atom. The maximum absolute atomic E-state index is 12.5. The first-order chi connectivity index (χ1) is 18.5.